The van der Waals surface area contributed by atoms with Gasteiger partial charge in [-0.25, -0.2) is 8.42 Å². The highest BCUT2D eigenvalue weighted by atomic mass is 32.2. The van der Waals surface area contributed by atoms with Gasteiger partial charge >= 0.3 is 0 Å². The third kappa shape index (κ3) is 3.46. The Kier molecular flexibility index (Phi) is 3.85. The molecule has 0 radical (unpaired) electrons. The van der Waals surface area contributed by atoms with E-state index in [-0.39, 0.29) is 41.9 Å². The number of hydrogen-bond acceptors (Lipinski definition) is 4. The fourth-order valence-electron chi connectivity index (χ4n) is 2.43. The van der Waals surface area contributed by atoms with Gasteiger partial charge in [-0.2, -0.15) is 0 Å². The van der Waals surface area contributed by atoms with Crippen molar-refractivity contribution in [2.75, 3.05) is 25.1 Å². The minimum atomic E-state index is -3.00. The molecule has 6 nitrogen and oxygen atoms in total. The Labute approximate surface area is 113 Å². The maximum Gasteiger partial charge on any atom is 0.242 e. The van der Waals surface area contributed by atoms with Gasteiger partial charge in [0.2, 0.25) is 11.8 Å². The molecule has 2 rings (SSSR count). The molecule has 1 heterocycles. The normalized spacial score (nSPS) is 25.1. The maximum atomic E-state index is 12.1. The van der Waals surface area contributed by atoms with Crippen LogP contribution < -0.4 is 0 Å². The molecular weight excluding hydrogens is 268 g/mol. The highest BCUT2D eigenvalue weighted by Crippen LogP contribution is 2.27. The lowest BCUT2D eigenvalue weighted by Gasteiger charge is -2.27. The second kappa shape index (κ2) is 5.11. The van der Waals surface area contributed by atoms with E-state index in [0.717, 1.165) is 12.8 Å². The number of amides is 2. The molecule has 1 saturated carbocycles. The van der Waals surface area contributed by atoms with Crippen LogP contribution in [-0.4, -0.2) is 67.2 Å². The van der Waals surface area contributed by atoms with E-state index in [1.54, 1.807) is 11.9 Å². The Morgan fingerprint density at radius 3 is 2.21 bits per heavy atom. The number of hydrogen-bond donors (Lipinski definition) is 0. The minimum Gasteiger partial charge on any atom is -0.340 e. The number of likely N-dealkylation sites (N-methyl/N-ethyl adjacent to an activating group) is 1. The zero-order valence-electron chi connectivity index (χ0n) is 11.3. The van der Waals surface area contributed by atoms with Crippen LogP contribution in [0.2, 0.25) is 0 Å². The van der Waals surface area contributed by atoms with Crippen LogP contribution >= 0.6 is 0 Å². The third-order valence-electron chi connectivity index (χ3n) is 3.85. The lowest BCUT2D eigenvalue weighted by molar-refractivity contribution is -0.140. The molecule has 1 aliphatic carbocycles. The van der Waals surface area contributed by atoms with Crippen molar-refractivity contribution in [1.82, 2.24) is 9.80 Å². The molecule has 19 heavy (non-hydrogen) atoms. The van der Waals surface area contributed by atoms with Gasteiger partial charge in [0.1, 0.15) is 0 Å². The molecule has 0 aromatic heterocycles. The van der Waals surface area contributed by atoms with Gasteiger partial charge in [0, 0.05) is 26.1 Å². The summed E-state index contributed by atoms with van der Waals surface area (Å²) in [5.74, 6) is -0.0833. The summed E-state index contributed by atoms with van der Waals surface area (Å²) in [6.07, 6.45) is 2.40. The van der Waals surface area contributed by atoms with E-state index in [9.17, 15) is 18.0 Å². The Morgan fingerprint density at radius 2 is 1.79 bits per heavy atom. The maximum absolute atomic E-state index is 12.1. The molecule has 0 bridgehead atoms. The Balaban J connectivity index is 1.94. The minimum absolute atomic E-state index is 0.0404. The van der Waals surface area contributed by atoms with Crippen LogP contribution in [0.15, 0.2) is 0 Å². The fourth-order valence-corrected chi connectivity index (χ4v) is 4.20. The topological polar surface area (TPSA) is 74.8 Å². The van der Waals surface area contributed by atoms with Gasteiger partial charge in [-0.1, -0.05) is 0 Å². The molecule has 0 spiro atoms. The molecule has 1 saturated heterocycles. The van der Waals surface area contributed by atoms with Crippen LogP contribution in [0.4, 0.5) is 0 Å². The van der Waals surface area contributed by atoms with Gasteiger partial charge in [0.05, 0.1) is 18.1 Å². The summed E-state index contributed by atoms with van der Waals surface area (Å²) in [4.78, 5) is 26.7. The summed E-state index contributed by atoms with van der Waals surface area (Å²) in [6.45, 7) is 1.53. The molecule has 0 aromatic carbocycles. The average molecular weight is 288 g/mol. The van der Waals surface area contributed by atoms with Crippen molar-refractivity contribution < 1.29 is 18.0 Å². The van der Waals surface area contributed by atoms with Crippen molar-refractivity contribution in [2.45, 2.75) is 38.3 Å². The van der Waals surface area contributed by atoms with Crippen molar-refractivity contribution in [2.24, 2.45) is 0 Å². The van der Waals surface area contributed by atoms with Crippen LogP contribution in [0.1, 0.15) is 26.2 Å². The zero-order valence-corrected chi connectivity index (χ0v) is 12.1. The SMILES string of the molecule is CC(=O)N(CC(=O)N(C)C1CCS(=O)(=O)C1)C1CC1. The van der Waals surface area contributed by atoms with Gasteiger partial charge in [-0.3, -0.25) is 9.59 Å². The summed E-state index contributed by atoms with van der Waals surface area (Å²) < 4.78 is 22.8. The predicted octanol–water partition coefficient (Wildman–Crippen LogP) is -0.357. The largest absolute Gasteiger partial charge is 0.340 e. The monoisotopic (exact) mass is 288 g/mol. The number of carbonyl (C=O) groups is 2. The summed E-state index contributed by atoms with van der Waals surface area (Å²) in [5, 5.41) is 0. The van der Waals surface area contributed by atoms with Crippen molar-refractivity contribution in [3.8, 4) is 0 Å². The number of nitrogens with zero attached hydrogens (tertiary/aromatic N) is 2. The third-order valence-corrected chi connectivity index (χ3v) is 5.60. The van der Waals surface area contributed by atoms with E-state index in [2.05, 4.69) is 0 Å². The zero-order chi connectivity index (χ0) is 14.2. The van der Waals surface area contributed by atoms with Crippen molar-refractivity contribution >= 4 is 21.7 Å². The molecule has 1 aliphatic heterocycles. The highest BCUT2D eigenvalue weighted by Gasteiger charge is 2.36. The molecule has 7 heteroatoms. The Bertz CT molecular complexity index is 484. The van der Waals surface area contributed by atoms with Gasteiger partial charge < -0.3 is 9.80 Å². The van der Waals surface area contributed by atoms with E-state index in [0.29, 0.717) is 6.42 Å². The van der Waals surface area contributed by atoms with Gasteiger partial charge in [-0.05, 0) is 19.3 Å². The molecule has 1 atom stereocenters. The van der Waals surface area contributed by atoms with Crippen molar-refractivity contribution in [1.29, 1.82) is 0 Å². The molecule has 2 fully saturated rings. The Hall–Kier alpha value is -1.11. The fraction of sp³-hybridized carbons (Fsp3) is 0.833. The first-order valence-electron chi connectivity index (χ1n) is 6.53. The van der Waals surface area contributed by atoms with Crippen LogP contribution in [0.25, 0.3) is 0 Å². The molecule has 2 amide bonds. The van der Waals surface area contributed by atoms with Crippen LogP contribution in [0.3, 0.4) is 0 Å². The van der Waals surface area contributed by atoms with Gasteiger partial charge in [-0.15, -0.1) is 0 Å². The average Bonchev–Trinajstić information content (AvgIpc) is 3.08. The van der Waals surface area contributed by atoms with E-state index < -0.39 is 9.84 Å². The first-order valence-corrected chi connectivity index (χ1v) is 8.35. The van der Waals surface area contributed by atoms with Gasteiger partial charge in [0.15, 0.2) is 9.84 Å². The lowest BCUT2D eigenvalue weighted by Crippen LogP contribution is -2.45. The molecular formula is C12H20N2O4S. The number of sulfone groups is 1. The highest BCUT2D eigenvalue weighted by molar-refractivity contribution is 7.91. The number of carbonyl (C=O) groups excluding carboxylic acids is 2. The number of rotatable bonds is 4. The summed E-state index contributed by atoms with van der Waals surface area (Å²) in [6, 6.07) is -0.0485. The smallest absolute Gasteiger partial charge is 0.242 e. The van der Waals surface area contributed by atoms with Crippen LogP contribution in [0.5, 0.6) is 0 Å². The van der Waals surface area contributed by atoms with E-state index in [4.69, 9.17) is 0 Å². The summed E-state index contributed by atoms with van der Waals surface area (Å²) in [5.41, 5.74) is 0. The summed E-state index contributed by atoms with van der Waals surface area (Å²) >= 11 is 0. The molecule has 2 aliphatic rings. The van der Waals surface area contributed by atoms with Gasteiger partial charge in [0.25, 0.3) is 0 Å². The molecule has 0 aromatic rings. The van der Waals surface area contributed by atoms with E-state index >= 15 is 0 Å². The van der Waals surface area contributed by atoms with E-state index in [1.165, 1.54) is 11.8 Å². The van der Waals surface area contributed by atoms with E-state index in [1.807, 2.05) is 0 Å². The second-order valence-corrected chi connectivity index (χ2v) is 7.67. The Morgan fingerprint density at radius 1 is 1.16 bits per heavy atom. The molecule has 1 unspecified atom stereocenters. The molecule has 108 valence electrons. The summed E-state index contributed by atoms with van der Waals surface area (Å²) in [7, 11) is -1.37. The quantitative estimate of drug-likeness (QED) is 0.708. The second-order valence-electron chi connectivity index (χ2n) is 5.44. The van der Waals surface area contributed by atoms with Crippen molar-refractivity contribution in [3.63, 3.8) is 0 Å². The van der Waals surface area contributed by atoms with Crippen molar-refractivity contribution in [3.05, 3.63) is 0 Å². The first-order chi connectivity index (χ1) is 8.80. The first kappa shape index (κ1) is 14.3. The standard InChI is InChI=1S/C12H20N2O4S/c1-9(15)14(10-3-4-10)7-12(16)13(2)11-5-6-19(17,18)8-11/h10-11H,3-8H2,1-2H3. The van der Waals surface area contributed by atoms with Crippen LogP contribution in [-0.2, 0) is 19.4 Å². The molecule has 0 N–H and O–H groups in total. The predicted molar refractivity (Wildman–Crippen MR) is 70.2 cm³/mol. The lowest BCUT2D eigenvalue weighted by atomic mass is 10.2. The van der Waals surface area contributed by atoms with Crippen LogP contribution in [0, 0.1) is 0 Å².